The molecule has 1 aromatic rings. The molecule has 1 aromatic carbocycles. The summed E-state index contributed by atoms with van der Waals surface area (Å²) in [5, 5.41) is 8.58. The Morgan fingerprint density at radius 2 is 2.00 bits per heavy atom. The molecule has 0 bridgehead atoms. The van der Waals surface area contributed by atoms with E-state index in [0.29, 0.717) is 0 Å². The van der Waals surface area contributed by atoms with Gasteiger partial charge in [-0.05, 0) is 17.2 Å². The summed E-state index contributed by atoms with van der Waals surface area (Å²) < 4.78 is 37.8. The van der Waals surface area contributed by atoms with Gasteiger partial charge in [-0.25, -0.2) is 0 Å². The second-order valence-corrected chi connectivity index (χ2v) is 3.75. The number of alkyl halides is 4. The Labute approximate surface area is 98.2 Å². The second kappa shape index (κ2) is 4.86. The summed E-state index contributed by atoms with van der Waals surface area (Å²) in [6.45, 7) is 0. The number of benzene rings is 1. The van der Waals surface area contributed by atoms with Crippen LogP contribution in [-0.4, -0.2) is 11.1 Å². The van der Waals surface area contributed by atoms with Crippen LogP contribution >= 0.6 is 15.9 Å². The number of hydrogen-bond donors (Lipinski definition) is 1. The predicted molar refractivity (Wildman–Crippen MR) is 55.4 cm³/mol. The van der Waals surface area contributed by atoms with Gasteiger partial charge in [0, 0.05) is 5.33 Å². The minimum absolute atomic E-state index is 0.0786. The number of hydrogen-bond acceptors (Lipinski definition) is 1. The fourth-order valence-electron chi connectivity index (χ4n) is 1.29. The number of carboxylic acid groups (broad SMARTS) is 1. The summed E-state index contributed by atoms with van der Waals surface area (Å²) in [6, 6.07) is 3.56. The van der Waals surface area contributed by atoms with Crippen LogP contribution in [0.4, 0.5) is 13.2 Å². The Balaban J connectivity index is 3.16. The Hall–Kier alpha value is -1.04. The van der Waals surface area contributed by atoms with E-state index in [9.17, 15) is 18.0 Å². The normalized spacial score (nSPS) is 11.5. The average molecular weight is 297 g/mol. The first kappa shape index (κ1) is 13.0. The van der Waals surface area contributed by atoms with E-state index in [2.05, 4.69) is 15.9 Å². The molecule has 0 fully saturated rings. The smallest absolute Gasteiger partial charge is 0.416 e. The maximum Gasteiger partial charge on any atom is 0.416 e. The second-order valence-electron chi connectivity index (χ2n) is 3.19. The quantitative estimate of drug-likeness (QED) is 0.870. The van der Waals surface area contributed by atoms with Gasteiger partial charge >= 0.3 is 12.1 Å². The van der Waals surface area contributed by atoms with Gasteiger partial charge in [-0.1, -0.05) is 28.1 Å². The third-order valence-corrected chi connectivity index (χ3v) is 2.58. The van der Waals surface area contributed by atoms with E-state index in [1.165, 1.54) is 12.1 Å². The number of carboxylic acids is 1. The highest BCUT2D eigenvalue weighted by atomic mass is 79.9. The molecular formula is C10H8BrF3O2. The van der Waals surface area contributed by atoms with Gasteiger partial charge in [0.2, 0.25) is 0 Å². The molecule has 0 aliphatic carbocycles. The summed E-state index contributed by atoms with van der Waals surface area (Å²) in [4.78, 5) is 10.4. The van der Waals surface area contributed by atoms with Gasteiger partial charge < -0.3 is 5.11 Å². The lowest BCUT2D eigenvalue weighted by molar-refractivity contribution is -0.139. The Morgan fingerprint density at radius 1 is 1.38 bits per heavy atom. The summed E-state index contributed by atoms with van der Waals surface area (Å²) >= 11 is 2.96. The van der Waals surface area contributed by atoms with Crippen LogP contribution in [0, 0.1) is 0 Å². The first-order valence-corrected chi connectivity index (χ1v) is 5.43. The van der Waals surface area contributed by atoms with E-state index in [-0.39, 0.29) is 16.5 Å². The van der Waals surface area contributed by atoms with Crippen LogP contribution in [0.1, 0.15) is 16.7 Å². The molecule has 0 saturated heterocycles. The number of carbonyl (C=O) groups is 1. The lowest BCUT2D eigenvalue weighted by Crippen LogP contribution is -2.10. The van der Waals surface area contributed by atoms with Gasteiger partial charge in [-0.15, -0.1) is 0 Å². The SMILES string of the molecule is O=C(O)Cc1ccc(CBr)c(C(F)(F)F)c1. The third kappa shape index (κ3) is 3.23. The highest BCUT2D eigenvalue weighted by Crippen LogP contribution is 2.33. The van der Waals surface area contributed by atoms with E-state index in [1.807, 2.05) is 0 Å². The Morgan fingerprint density at radius 3 is 2.44 bits per heavy atom. The van der Waals surface area contributed by atoms with E-state index in [4.69, 9.17) is 5.11 Å². The summed E-state index contributed by atoms with van der Waals surface area (Å²) in [6.07, 6.45) is -4.87. The predicted octanol–water partition coefficient (Wildman–Crippen LogP) is 3.23. The van der Waals surface area contributed by atoms with Crippen molar-refractivity contribution >= 4 is 21.9 Å². The number of halogens is 4. The molecule has 0 unspecified atom stereocenters. The topological polar surface area (TPSA) is 37.3 Å². The van der Waals surface area contributed by atoms with E-state index in [1.54, 1.807) is 0 Å². The van der Waals surface area contributed by atoms with Crippen LogP contribution in [-0.2, 0) is 22.7 Å². The Kier molecular flexibility index (Phi) is 3.96. The zero-order chi connectivity index (χ0) is 12.3. The average Bonchev–Trinajstić information content (AvgIpc) is 2.15. The molecule has 0 aliphatic rings. The van der Waals surface area contributed by atoms with Crippen LogP contribution < -0.4 is 0 Å². The van der Waals surface area contributed by atoms with Crippen molar-refractivity contribution in [2.75, 3.05) is 0 Å². The lowest BCUT2D eigenvalue weighted by Gasteiger charge is -2.12. The van der Waals surface area contributed by atoms with Gasteiger partial charge in [-0.3, -0.25) is 4.79 Å². The van der Waals surface area contributed by atoms with Crippen LogP contribution in [0.2, 0.25) is 0 Å². The van der Waals surface area contributed by atoms with Crippen molar-refractivity contribution in [1.29, 1.82) is 0 Å². The minimum atomic E-state index is -4.46. The van der Waals surface area contributed by atoms with Crippen LogP contribution in [0.15, 0.2) is 18.2 Å². The molecule has 0 amide bonds. The zero-order valence-corrected chi connectivity index (χ0v) is 9.60. The fourth-order valence-corrected chi connectivity index (χ4v) is 1.78. The summed E-state index contributed by atoms with van der Waals surface area (Å²) in [5.74, 6) is -1.15. The van der Waals surface area contributed by atoms with Gasteiger partial charge in [0.25, 0.3) is 0 Å². The highest BCUT2D eigenvalue weighted by molar-refractivity contribution is 9.08. The maximum atomic E-state index is 12.6. The fraction of sp³-hybridized carbons (Fsp3) is 0.300. The van der Waals surface area contributed by atoms with Gasteiger partial charge in [0.05, 0.1) is 12.0 Å². The monoisotopic (exact) mass is 296 g/mol. The van der Waals surface area contributed by atoms with Gasteiger partial charge in [-0.2, -0.15) is 13.2 Å². The van der Waals surface area contributed by atoms with Crippen molar-refractivity contribution in [2.24, 2.45) is 0 Å². The van der Waals surface area contributed by atoms with Crippen molar-refractivity contribution in [2.45, 2.75) is 17.9 Å². The third-order valence-electron chi connectivity index (χ3n) is 1.98. The minimum Gasteiger partial charge on any atom is -0.481 e. The van der Waals surface area contributed by atoms with Crippen LogP contribution in [0.5, 0.6) is 0 Å². The molecule has 2 nitrogen and oxygen atoms in total. The lowest BCUT2D eigenvalue weighted by atomic mass is 10.0. The standard InChI is InChI=1S/C10H8BrF3O2/c11-5-7-2-1-6(4-9(15)16)3-8(7)10(12,13)14/h1-3H,4-5H2,(H,15,16). The van der Waals surface area contributed by atoms with Gasteiger partial charge in [0.1, 0.15) is 0 Å². The molecule has 1 rings (SSSR count). The molecule has 0 heterocycles. The number of rotatable bonds is 3. The molecule has 1 N–H and O–H groups in total. The summed E-state index contributed by atoms with van der Waals surface area (Å²) in [7, 11) is 0. The first-order valence-electron chi connectivity index (χ1n) is 4.31. The molecular weight excluding hydrogens is 289 g/mol. The van der Waals surface area contributed by atoms with E-state index >= 15 is 0 Å². The molecule has 16 heavy (non-hydrogen) atoms. The maximum absolute atomic E-state index is 12.6. The molecule has 88 valence electrons. The molecule has 0 spiro atoms. The van der Waals surface area contributed by atoms with Crippen molar-refractivity contribution in [3.63, 3.8) is 0 Å². The molecule has 0 atom stereocenters. The van der Waals surface area contributed by atoms with Crippen molar-refractivity contribution in [1.82, 2.24) is 0 Å². The molecule has 6 heteroatoms. The molecule has 0 aliphatic heterocycles. The zero-order valence-electron chi connectivity index (χ0n) is 8.01. The van der Waals surface area contributed by atoms with E-state index in [0.717, 1.165) is 6.07 Å². The molecule has 0 aromatic heterocycles. The molecule has 0 radical (unpaired) electrons. The number of aliphatic carboxylic acids is 1. The highest BCUT2D eigenvalue weighted by Gasteiger charge is 2.33. The van der Waals surface area contributed by atoms with Crippen LogP contribution in [0.25, 0.3) is 0 Å². The Bertz CT molecular complexity index is 402. The van der Waals surface area contributed by atoms with Crippen molar-refractivity contribution < 1.29 is 23.1 Å². The van der Waals surface area contributed by atoms with Crippen molar-refractivity contribution in [3.8, 4) is 0 Å². The van der Waals surface area contributed by atoms with Crippen LogP contribution in [0.3, 0.4) is 0 Å². The van der Waals surface area contributed by atoms with E-state index < -0.39 is 24.1 Å². The van der Waals surface area contributed by atoms with Gasteiger partial charge in [0.15, 0.2) is 0 Å². The first-order chi connectivity index (χ1) is 7.34. The molecule has 0 saturated carbocycles. The summed E-state index contributed by atoms with van der Waals surface area (Å²) in [5.41, 5.74) is -0.547. The largest absolute Gasteiger partial charge is 0.481 e. The van der Waals surface area contributed by atoms with Crippen molar-refractivity contribution in [3.05, 3.63) is 34.9 Å².